The molecule has 4 rings (SSSR count). The Hall–Kier alpha value is -3.40. The van der Waals surface area contributed by atoms with E-state index >= 15 is 0 Å². The summed E-state index contributed by atoms with van der Waals surface area (Å²) in [6.45, 7) is 0.275. The minimum atomic E-state index is -0.693. The summed E-state index contributed by atoms with van der Waals surface area (Å²) in [6.07, 6.45) is 1.75. The molecule has 1 atom stereocenters. The van der Waals surface area contributed by atoms with Crippen LogP contribution in [0.1, 0.15) is 33.6 Å². The van der Waals surface area contributed by atoms with Gasteiger partial charge >= 0.3 is 5.97 Å². The van der Waals surface area contributed by atoms with E-state index in [1.54, 1.807) is 23.6 Å². The second-order valence-corrected chi connectivity index (χ2v) is 7.64. The van der Waals surface area contributed by atoms with Crippen molar-refractivity contribution >= 4 is 51.4 Å². The van der Waals surface area contributed by atoms with Gasteiger partial charge in [0.25, 0.3) is 11.8 Å². The van der Waals surface area contributed by atoms with E-state index in [1.807, 2.05) is 4.90 Å². The number of primary amides is 1. The van der Waals surface area contributed by atoms with Crippen LogP contribution < -0.4 is 21.3 Å². The maximum Gasteiger partial charge on any atom is 0.338 e. The first kappa shape index (κ1) is 18.9. The van der Waals surface area contributed by atoms with Gasteiger partial charge in [-0.15, -0.1) is 11.3 Å². The highest BCUT2D eigenvalue weighted by molar-refractivity contribution is 7.14. The fourth-order valence-electron chi connectivity index (χ4n) is 3.53. The number of fused-ring (bicyclic) bond motifs is 3. The van der Waals surface area contributed by atoms with Gasteiger partial charge in [-0.3, -0.25) is 14.4 Å². The third-order valence-electron chi connectivity index (χ3n) is 4.87. The molecule has 0 unspecified atom stereocenters. The van der Waals surface area contributed by atoms with Crippen molar-refractivity contribution in [3.63, 3.8) is 0 Å². The first-order valence-corrected chi connectivity index (χ1v) is 9.88. The number of carbonyl (C=O) groups excluding carboxylic acids is 4. The van der Waals surface area contributed by atoms with E-state index in [9.17, 15) is 19.2 Å². The summed E-state index contributed by atoms with van der Waals surface area (Å²) in [5.74, 6) is -2.02. The van der Waals surface area contributed by atoms with Gasteiger partial charge < -0.3 is 26.0 Å². The lowest BCUT2D eigenvalue weighted by molar-refractivity contribution is -0.119. The van der Waals surface area contributed by atoms with Gasteiger partial charge in [-0.05, 0) is 42.5 Å². The molecular weight excluding hydrogens is 396 g/mol. The monoisotopic (exact) mass is 414 g/mol. The van der Waals surface area contributed by atoms with Crippen molar-refractivity contribution in [1.29, 1.82) is 0 Å². The quantitative estimate of drug-likeness (QED) is 0.637. The van der Waals surface area contributed by atoms with Crippen LogP contribution in [0.15, 0.2) is 29.6 Å². The molecule has 0 radical (unpaired) electrons. The highest BCUT2D eigenvalue weighted by atomic mass is 32.1. The smallest absolute Gasteiger partial charge is 0.338 e. The van der Waals surface area contributed by atoms with Gasteiger partial charge in [0.2, 0.25) is 5.91 Å². The lowest BCUT2D eigenvalue weighted by atomic mass is 10.1. The molecule has 3 amide bonds. The Morgan fingerprint density at radius 1 is 1.31 bits per heavy atom. The highest BCUT2D eigenvalue weighted by Gasteiger charge is 2.36. The van der Waals surface area contributed by atoms with Crippen molar-refractivity contribution in [2.75, 3.05) is 28.7 Å². The molecular formula is C19H18N4O5S. The zero-order valence-corrected chi connectivity index (χ0v) is 16.1. The number of hydrogen-bond donors (Lipinski definition) is 3. The number of nitrogens with two attached hydrogens (primary N) is 1. The molecule has 1 saturated heterocycles. The molecule has 29 heavy (non-hydrogen) atoms. The molecule has 9 nitrogen and oxygen atoms in total. The SMILES string of the molecule is NC(=O)c1ccsc1NC(=O)COC(=O)c1ccc2c(c1)NC(=O)[C@@H]1CCCN21. The van der Waals surface area contributed by atoms with Crippen LogP contribution in [0.2, 0.25) is 0 Å². The summed E-state index contributed by atoms with van der Waals surface area (Å²) in [4.78, 5) is 49.9. The average Bonchev–Trinajstić information content (AvgIpc) is 3.35. The molecule has 0 bridgehead atoms. The van der Waals surface area contributed by atoms with E-state index in [0.29, 0.717) is 10.7 Å². The Morgan fingerprint density at radius 3 is 2.93 bits per heavy atom. The fraction of sp³-hybridized carbons (Fsp3) is 0.263. The lowest BCUT2D eigenvalue weighted by Crippen LogP contribution is -2.43. The summed E-state index contributed by atoms with van der Waals surface area (Å²) < 4.78 is 5.05. The number of rotatable bonds is 5. The van der Waals surface area contributed by atoms with Crippen LogP contribution in [0.5, 0.6) is 0 Å². The molecule has 0 aliphatic carbocycles. The van der Waals surface area contributed by atoms with E-state index < -0.39 is 24.4 Å². The third-order valence-corrected chi connectivity index (χ3v) is 5.70. The first-order chi connectivity index (χ1) is 13.9. The number of hydrogen-bond acceptors (Lipinski definition) is 7. The van der Waals surface area contributed by atoms with Gasteiger partial charge in [0, 0.05) is 6.54 Å². The van der Waals surface area contributed by atoms with E-state index in [4.69, 9.17) is 10.5 Å². The average molecular weight is 414 g/mol. The van der Waals surface area contributed by atoms with E-state index in [0.717, 1.165) is 36.4 Å². The molecule has 0 spiro atoms. The van der Waals surface area contributed by atoms with Gasteiger partial charge in [-0.2, -0.15) is 0 Å². The molecule has 1 aromatic carbocycles. The number of carbonyl (C=O) groups is 4. The van der Waals surface area contributed by atoms with Gasteiger partial charge in [0.15, 0.2) is 6.61 Å². The fourth-order valence-corrected chi connectivity index (χ4v) is 4.34. The summed E-state index contributed by atoms with van der Waals surface area (Å²) in [5.41, 5.74) is 7.07. The molecule has 3 heterocycles. The van der Waals surface area contributed by atoms with Crippen LogP contribution in [0.25, 0.3) is 0 Å². The largest absolute Gasteiger partial charge is 0.452 e. The summed E-state index contributed by atoms with van der Waals surface area (Å²) in [5, 5.41) is 7.25. The number of benzene rings is 1. The van der Waals surface area contributed by atoms with Crippen LogP contribution in [-0.4, -0.2) is 42.9 Å². The van der Waals surface area contributed by atoms with Gasteiger partial charge in [0.05, 0.1) is 22.5 Å². The number of esters is 1. The predicted molar refractivity (Wildman–Crippen MR) is 107 cm³/mol. The van der Waals surface area contributed by atoms with E-state index in [1.165, 1.54) is 6.07 Å². The third kappa shape index (κ3) is 3.66. The Bertz CT molecular complexity index is 1020. The first-order valence-electron chi connectivity index (χ1n) is 9.00. The summed E-state index contributed by atoms with van der Waals surface area (Å²) in [7, 11) is 0. The van der Waals surface area contributed by atoms with Gasteiger partial charge in [0.1, 0.15) is 11.0 Å². The number of amides is 3. The molecule has 2 aliphatic heterocycles. The van der Waals surface area contributed by atoms with Crippen molar-refractivity contribution in [3.8, 4) is 0 Å². The van der Waals surface area contributed by atoms with E-state index in [-0.39, 0.29) is 23.1 Å². The normalized spacial score (nSPS) is 17.2. The molecule has 2 aliphatic rings. The Balaban J connectivity index is 1.40. The molecule has 2 aromatic rings. The van der Waals surface area contributed by atoms with Crippen molar-refractivity contribution < 1.29 is 23.9 Å². The van der Waals surface area contributed by atoms with Gasteiger partial charge in [-0.25, -0.2) is 4.79 Å². The van der Waals surface area contributed by atoms with Crippen LogP contribution in [0.3, 0.4) is 0 Å². The highest BCUT2D eigenvalue weighted by Crippen LogP contribution is 2.37. The van der Waals surface area contributed by atoms with Crippen LogP contribution >= 0.6 is 11.3 Å². The second-order valence-electron chi connectivity index (χ2n) is 6.72. The number of ether oxygens (including phenoxy) is 1. The Kier molecular flexibility index (Phi) is 4.93. The molecule has 4 N–H and O–H groups in total. The minimum absolute atomic E-state index is 0.0823. The Morgan fingerprint density at radius 2 is 2.14 bits per heavy atom. The van der Waals surface area contributed by atoms with E-state index in [2.05, 4.69) is 10.6 Å². The predicted octanol–water partition coefficient (Wildman–Crippen LogP) is 1.56. The maximum absolute atomic E-state index is 12.3. The number of nitrogens with zero attached hydrogens (tertiary/aromatic N) is 1. The molecule has 150 valence electrons. The Labute approximate surface area is 169 Å². The lowest BCUT2D eigenvalue weighted by Gasteiger charge is -2.33. The molecule has 1 aromatic heterocycles. The minimum Gasteiger partial charge on any atom is -0.452 e. The number of thiophene rings is 1. The topological polar surface area (TPSA) is 131 Å². The summed E-state index contributed by atoms with van der Waals surface area (Å²) >= 11 is 1.14. The van der Waals surface area contributed by atoms with Crippen molar-refractivity contribution in [1.82, 2.24) is 0 Å². The van der Waals surface area contributed by atoms with Crippen molar-refractivity contribution in [2.24, 2.45) is 5.73 Å². The molecule has 0 saturated carbocycles. The number of nitrogens with one attached hydrogen (secondary N) is 2. The number of anilines is 3. The van der Waals surface area contributed by atoms with Crippen molar-refractivity contribution in [3.05, 3.63) is 40.8 Å². The van der Waals surface area contributed by atoms with Crippen molar-refractivity contribution in [2.45, 2.75) is 18.9 Å². The van der Waals surface area contributed by atoms with Crippen LogP contribution in [0, 0.1) is 0 Å². The van der Waals surface area contributed by atoms with Crippen LogP contribution in [-0.2, 0) is 14.3 Å². The molecule has 1 fully saturated rings. The summed E-state index contributed by atoms with van der Waals surface area (Å²) in [6, 6.07) is 6.27. The maximum atomic E-state index is 12.3. The van der Waals surface area contributed by atoms with Gasteiger partial charge in [-0.1, -0.05) is 0 Å². The zero-order valence-electron chi connectivity index (χ0n) is 15.3. The van der Waals surface area contributed by atoms with Crippen LogP contribution in [0.4, 0.5) is 16.4 Å². The molecule has 10 heteroatoms. The second kappa shape index (κ2) is 7.55. The standard InChI is InChI=1S/C19H18N4O5S/c20-16(25)11-5-7-29-18(11)22-15(24)9-28-19(27)10-3-4-13-12(8-10)21-17(26)14-2-1-6-23(13)14/h3-5,7-8,14H,1-2,6,9H2,(H2,20,25)(H,21,26)(H,22,24)/t14-/m0/s1. The zero-order chi connectivity index (χ0) is 20.5.